The zero-order valence-corrected chi connectivity index (χ0v) is 10.9. The molecular weight excluding hydrogens is 251 g/mol. The lowest BCUT2D eigenvalue weighted by Gasteiger charge is -2.21. The summed E-state index contributed by atoms with van der Waals surface area (Å²) >= 11 is 5.82. The number of halogens is 2. The molecule has 0 aliphatic heterocycles. The quantitative estimate of drug-likeness (QED) is 0.850. The number of carbonyl (C=O) groups is 1. The largest absolute Gasteiger partial charge is 0.543 e. The highest BCUT2D eigenvalue weighted by molar-refractivity contribution is 6.70. The molecule has 1 rings (SSSR count). The summed E-state index contributed by atoms with van der Waals surface area (Å²) in [5, 5.41) is 9.02. The van der Waals surface area contributed by atoms with E-state index in [-0.39, 0.29) is 10.8 Å². The van der Waals surface area contributed by atoms with Gasteiger partial charge in [0, 0.05) is 0 Å². The van der Waals surface area contributed by atoms with E-state index in [2.05, 4.69) is 0 Å². The molecule has 1 aromatic carbocycles. The number of carboxylic acid groups (broad SMARTS) is 1. The molecule has 0 aliphatic carbocycles. The molecule has 0 saturated heterocycles. The van der Waals surface area contributed by atoms with Crippen molar-refractivity contribution in [1.82, 2.24) is 0 Å². The average Bonchev–Trinajstić information content (AvgIpc) is 2.08. The van der Waals surface area contributed by atoms with Gasteiger partial charge in [0.25, 0.3) is 0 Å². The number of hydrogen-bond acceptors (Lipinski definition) is 2. The maximum absolute atomic E-state index is 13.4. The Bertz CT molecular complexity index is 429. The molecule has 1 aromatic rings. The van der Waals surface area contributed by atoms with E-state index in [1.807, 2.05) is 19.6 Å². The molecular formula is C10H12ClFO3Si. The molecule has 0 heterocycles. The molecule has 0 radical (unpaired) electrons. The molecule has 0 saturated carbocycles. The summed E-state index contributed by atoms with van der Waals surface area (Å²) in [7, 11) is -2.04. The Morgan fingerprint density at radius 3 is 2.44 bits per heavy atom. The summed E-state index contributed by atoms with van der Waals surface area (Å²) in [5.74, 6) is -2.30. The highest BCUT2D eigenvalue weighted by Gasteiger charge is 2.25. The molecule has 0 spiro atoms. The molecule has 0 atom stereocenters. The first kappa shape index (κ1) is 13.0. The summed E-state index contributed by atoms with van der Waals surface area (Å²) in [6.45, 7) is 5.58. The molecule has 1 N–H and O–H groups in total. The van der Waals surface area contributed by atoms with E-state index >= 15 is 0 Å². The second-order valence-corrected chi connectivity index (χ2v) is 9.09. The first-order chi connectivity index (χ1) is 7.22. The predicted molar refractivity (Wildman–Crippen MR) is 62.3 cm³/mol. The lowest BCUT2D eigenvalue weighted by molar-refractivity contribution is 0.0689. The van der Waals surface area contributed by atoms with Crippen molar-refractivity contribution in [3.8, 4) is 5.75 Å². The fourth-order valence-corrected chi connectivity index (χ4v) is 2.22. The highest BCUT2D eigenvalue weighted by atomic mass is 35.5. The van der Waals surface area contributed by atoms with E-state index in [0.717, 1.165) is 6.07 Å². The van der Waals surface area contributed by atoms with Crippen LogP contribution in [0.3, 0.4) is 0 Å². The normalized spacial score (nSPS) is 11.3. The van der Waals surface area contributed by atoms with E-state index in [9.17, 15) is 9.18 Å². The third-order valence-electron chi connectivity index (χ3n) is 1.68. The molecule has 0 aliphatic rings. The third-order valence-corrected chi connectivity index (χ3v) is 2.80. The topological polar surface area (TPSA) is 46.5 Å². The minimum Gasteiger partial charge on any atom is -0.543 e. The first-order valence-electron chi connectivity index (χ1n) is 4.62. The lowest BCUT2D eigenvalue weighted by atomic mass is 10.2. The van der Waals surface area contributed by atoms with Crippen LogP contribution in [0.15, 0.2) is 12.1 Å². The summed E-state index contributed by atoms with van der Waals surface area (Å²) in [6.07, 6.45) is 0. The van der Waals surface area contributed by atoms with Crippen molar-refractivity contribution in [1.29, 1.82) is 0 Å². The van der Waals surface area contributed by atoms with Gasteiger partial charge in [0.2, 0.25) is 8.32 Å². The van der Waals surface area contributed by atoms with Crippen molar-refractivity contribution >= 4 is 25.9 Å². The zero-order valence-electron chi connectivity index (χ0n) is 9.17. The standard InChI is InChI=1S/C10H12ClFO3Si/c1-16(2,3)15-9-6(11)4-5-7(12)8(9)10(13)14/h4-5H,1-3H3,(H,13,14). The van der Waals surface area contributed by atoms with Crippen molar-refractivity contribution in [2.45, 2.75) is 19.6 Å². The Morgan fingerprint density at radius 2 is 2.00 bits per heavy atom. The highest BCUT2D eigenvalue weighted by Crippen LogP contribution is 2.32. The van der Waals surface area contributed by atoms with Crippen molar-refractivity contribution in [3.05, 3.63) is 28.5 Å². The molecule has 6 heteroatoms. The van der Waals surface area contributed by atoms with Crippen LogP contribution in [0.25, 0.3) is 0 Å². The summed E-state index contributed by atoms with van der Waals surface area (Å²) in [6, 6.07) is 2.31. The third kappa shape index (κ3) is 2.96. The van der Waals surface area contributed by atoms with Crippen LogP contribution in [-0.2, 0) is 0 Å². The first-order valence-corrected chi connectivity index (χ1v) is 8.41. The number of rotatable bonds is 3. The minimum absolute atomic E-state index is 0.0756. The van der Waals surface area contributed by atoms with E-state index in [4.69, 9.17) is 21.1 Å². The summed E-state index contributed by atoms with van der Waals surface area (Å²) in [5.41, 5.74) is -0.505. The van der Waals surface area contributed by atoms with Crippen molar-refractivity contribution in [2.75, 3.05) is 0 Å². The van der Waals surface area contributed by atoms with Gasteiger partial charge >= 0.3 is 5.97 Å². The van der Waals surface area contributed by atoms with Crippen molar-refractivity contribution in [3.63, 3.8) is 0 Å². The Hall–Kier alpha value is -1.07. The average molecular weight is 263 g/mol. The van der Waals surface area contributed by atoms with Gasteiger partial charge in [0.15, 0.2) is 0 Å². The second kappa shape index (κ2) is 4.43. The van der Waals surface area contributed by atoms with Crippen LogP contribution in [0.1, 0.15) is 10.4 Å². The van der Waals surface area contributed by atoms with Crippen LogP contribution in [-0.4, -0.2) is 19.4 Å². The van der Waals surface area contributed by atoms with Gasteiger partial charge < -0.3 is 9.53 Å². The molecule has 88 valence electrons. The Morgan fingerprint density at radius 1 is 1.44 bits per heavy atom. The van der Waals surface area contributed by atoms with Gasteiger partial charge in [-0.25, -0.2) is 9.18 Å². The van der Waals surface area contributed by atoms with Crippen LogP contribution in [0.2, 0.25) is 24.7 Å². The fourth-order valence-electron chi connectivity index (χ4n) is 1.14. The van der Waals surface area contributed by atoms with Gasteiger partial charge in [-0.05, 0) is 31.8 Å². The van der Waals surface area contributed by atoms with Gasteiger partial charge in [0.1, 0.15) is 17.1 Å². The van der Waals surface area contributed by atoms with Crippen LogP contribution in [0, 0.1) is 5.82 Å². The van der Waals surface area contributed by atoms with Crippen LogP contribution in [0.5, 0.6) is 5.75 Å². The van der Waals surface area contributed by atoms with Gasteiger partial charge in [-0.1, -0.05) is 11.6 Å². The van der Waals surface area contributed by atoms with Gasteiger partial charge in [-0.15, -0.1) is 0 Å². The maximum Gasteiger partial charge on any atom is 0.342 e. The van der Waals surface area contributed by atoms with Gasteiger partial charge in [-0.3, -0.25) is 0 Å². The SMILES string of the molecule is C[Si](C)(C)Oc1c(Cl)ccc(F)c1C(=O)O. The maximum atomic E-state index is 13.4. The van der Waals surface area contributed by atoms with E-state index in [1.165, 1.54) is 6.07 Å². The van der Waals surface area contributed by atoms with Crippen LogP contribution in [0.4, 0.5) is 4.39 Å². The Kier molecular flexibility index (Phi) is 3.60. The fraction of sp³-hybridized carbons (Fsp3) is 0.300. The number of carboxylic acids is 1. The molecule has 16 heavy (non-hydrogen) atoms. The van der Waals surface area contributed by atoms with E-state index < -0.39 is 25.7 Å². The molecule has 0 bridgehead atoms. The predicted octanol–water partition coefficient (Wildman–Crippen LogP) is 3.39. The monoisotopic (exact) mass is 262 g/mol. The zero-order chi connectivity index (χ0) is 12.5. The molecule has 0 amide bonds. The molecule has 0 aromatic heterocycles. The molecule has 3 nitrogen and oxygen atoms in total. The van der Waals surface area contributed by atoms with Crippen LogP contribution < -0.4 is 4.43 Å². The van der Waals surface area contributed by atoms with Gasteiger partial charge in [-0.2, -0.15) is 0 Å². The van der Waals surface area contributed by atoms with Gasteiger partial charge in [0.05, 0.1) is 5.02 Å². The van der Waals surface area contributed by atoms with E-state index in [0.29, 0.717) is 0 Å². The second-order valence-electron chi connectivity index (χ2n) is 4.25. The number of benzene rings is 1. The van der Waals surface area contributed by atoms with Crippen molar-refractivity contribution < 1.29 is 18.7 Å². The summed E-state index contributed by atoms with van der Waals surface area (Å²) < 4.78 is 18.8. The Balaban J connectivity index is 3.35. The van der Waals surface area contributed by atoms with Crippen LogP contribution >= 0.6 is 11.6 Å². The molecule has 0 fully saturated rings. The minimum atomic E-state index is -2.04. The number of aromatic carboxylic acids is 1. The molecule has 0 unspecified atom stereocenters. The smallest absolute Gasteiger partial charge is 0.342 e. The summed E-state index contributed by atoms with van der Waals surface area (Å²) in [4.78, 5) is 10.9. The van der Waals surface area contributed by atoms with E-state index in [1.54, 1.807) is 0 Å². The Labute approximate surface area is 98.9 Å². The lowest BCUT2D eigenvalue weighted by Crippen LogP contribution is -2.30. The van der Waals surface area contributed by atoms with Crippen molar-refractivity contribution in [2.24, 2.45) is 0 Å². The number of hydrogen-bond donors (Lipinski definition) is 1.